The minimum Gasteiger partial charge on any atom is -0.375 e. The highest BCUT2D eigenvalue weighted by atomic mass is 32.2. The first-order valence-electron chi connectivity index (χ1n) is 11.2. The minimum absolute atomic E-state index is 0.259. The fourth-order valence-electron chi connectivity index (χ4n) is 4.17. The van der Waals surface area contributed by atoms with Gasteiger partial charge in [0.25, 0.3) is 0 Å². The van der Waals surface area contributed by atoms with Gasteiger partial charge in [0, 0.05) is 23.6 Å². The number of hydrogen-bond acceptors (Lipinski definition) is 8. The Morgan fingerprint density at radius 1 is 0.941 bits per heavy atom. The molecule has 1 aliphatic rings. The molecule has 0 atom stereocenters. The zero-order valence-electron chi connectivity index (χ0n) is 18.5. The maximum atomic E-state index is 12.9. The Labute approximate surface area is 202 Å². The molecule has 4 aromatic rings. The smallest absolute Gasteiger partial charge is 0.227 e. The Balaban J connectivity index is 1.23. The molecule has 2 aromatic carbocycles. The predicted octanol–water partition coefficient (Wildman–Crippen LogP) is 5.69. The third-order valence-corrected chi connectivity index (χ3v) is 9.14. The van der Waals surface area contributed by atoms with Gasteiger partial charge in [-0.05, 0) is 54.8 Å². The van der Waals surface area contributed by atoms with Crippen LogP contribution in [0.1, 0.15) is 43.2 Å². The Morgan fingerprint density at radius 3 is 2.38 bits per heavy atom. The summed E-state index contributed by atoms with van der Waals surface area (Å²) in [7, 11) is -3.27. The molecule has 1 saturated carbocycles. The number of nitrogen functional groups attached to an aromatic ring is 1. The van der Waals surface area contributed by atoms with Crippen molar-refractivity contribution < 1.29 is 8.42 Å². The highest BCUT2D eigenvalue weighted by molar-refractivity contribution is 7.92. The minimum atomic E-state index is -3.27. The molecule has 174 valence electrons. The molecule has 0 unspecified atom stereocenters. The molecule has 1 aliphatic carbocycles. The van der Waals surface area contributed by atoms with E-state index in [2.05, 4.69) is 20.3 Å². The molecule has 34 heavy (non-hydrogen) atoms. The van der Waals surface area contributed by atoms with Gasteiger partial charge in [0.1, 0.15) is 0 Å². The molecule has 1 fully saturated rings. The second kappa shape index (κ2) is 9.52. The van der Waals surface area contributed by atoms with Crippen LogP contribution in [0.15, 0.2) is 59.8 Å². The summed E-state index contributed by atoms with van der Waals surface area (Å²) in [4.78, 5) is 13.4. The lowest BCUT2D eigenvalue weighted by molar-refractivity contribution is 0.483. The number of sulfone groups is 1. The Morgan fingerprint density at radius 2 is 1.65 bits per heavy atom. The molecule has 0 radical (unpaired) electrons. The number of nitrogens with two attached hydrogens (primary N) is 1. The van der Waals surface area contributed by atoms with E-state index >= 15 is 0 Å². The SMILES string of the molecule is Nc1nc2cc(/C=C/c3cnc(Nc4ccc(S(=O)(=O)C5CCCCC5)cc4)nc3)ccc2s1. The summed E-state index contributed by atoms with van der Waals surface area (Å²) in [5, 5.41) is 3.43. The third-order valence-electron chi connectivity index (χ3n) is 6.00. The van der Waals surface area contributed by atoms with Crippen molar-refractivity contribution in [2.75, 3.05) is 11.1 Å². The number of rotatable bonds is 6. The molecule has 2 aromatic heterocycles. The average molecular weight is 492 g/mol. The van der Waals surface area contributed by atoms with Gasteiger partial charge in [0.05, 0.1) is 20.4 Å². The number of fused-ring (bicyclic) bond motifs is 1. The molecule has 2 heterocycles. The van der Waals surface area contributed by atoms with E-state index in [1.165, 1.54) is 11.3 Å². The Kier molecular flexibility index (Phi) is 6.30. The molecule has 0 aliphatic heterocycles. The van der Waals surface area contributed by atoms with Gasteiger partial charge >= 0.3 is 0 Å². The number of benzene rings is 2. The van der Waals surface area contributed by atoms with E-state index < -0.39 is 9.84 Å². The number of thiazole rings is 1. The fourth-order valence-corrected chi connectivity index (χ4v) is 6.74. The Bertz CT molecular complexity index is 1420. The lowest BCUT2D eigenvalue weighted by Gasteiger charge is -2.21. The lowest BCUT2D eigenvalue weighted by Crippen LogP contribution is -2.24. The van der Waals surface area contributed by atoms with E-state index in [4.69, 9.17) is 5.73 Å². The third kappa shape index (κ3) is 4.95. The van der Waals surface area contributed by atoms with Crippen molar-refractivity contribution in [3.05, 3.63) is 66.0 Å². The lowest BCUT2D eigenvalue weighted by atomic mass is 10.0. The molecule has 3 N–H and O–H groups in total. The van der Waals surface area contributed by atoms with Gasteiger partial charge in [-0.25, -0.2) is 23.4 Å². The van der Waals surface area contributed by atoms with Crippen LogP contribution in [0.3, 0.4) is 0 Å². The van der Waals surface area contributed by atoms with Crippen molar-refractivity contribution in [2.24, 2.45) is 0 Å². The molecule has 0 spiro atoms. The number of nitrogens with zero attached hydrogens (tertiary/aromatic N) is 3. The monoisotopic (exact) mass is 491 g/mol. The number of aromatic nitrogens is 3. The fraction of sp³-hybridized carbons (Fsp3) is 0.240. The van der Waals surface area contributed by atoms with Crippen molar-refractivity contribution in [1.29, 1.82) is 0 Å². The number of hydrogen-bond donors (Lipinski definition) is 2. The van der Waals surface area contributed by atoms with Gasteiger partial charge in [-0.1, -0.05) is 48.8 Å². The average Bonchev–Trinajstić information content (AvgIpc) is 3.24. The first-order valence-corrected chi connectivity index (χ1v) is 13.6. The summed E-state index contributed by atoms with van der Waals surface area (Å²) in [5.74, 6) is 0.444. The first-order chi connectivity index (χ1) is 16.5. The molecule has 0 bridgehead atoms. The van der Waals surface area contributed by atoms with Gasteiger partial charge in [0.2, 0.25) is 5.95 Å². The standard InChI is InChI=1S/C25H25N5O2S2/c26-24-30-22-14-17(8-13-23(22)33-24)6-7-18-15-27-25(28-16-18)29-19-9-11-21(12-10-19)34(31,32)20-4-2-1-3-5-20/h6-16,20H,1-5H2,(H2,26,30)(H,27,28,29)/b7-6+. The topological polar surface area (TPSA) is 111 Å². The zero-order valence-corrected chi connectivity index (χ0v) is 20.1. The maximum absolute atomic E-state index is 12.9. The maximum Gasteiger partial charge on any atom is 0.227 e. The van der Waals surface area contributed by atoms with Crippen LogP contribution < -0.4 is 11.1 Å². The van der Waals surface area contributed by atoms with Crippen molar-refractivity contribution in [3.8, 4) is 0 Å². The van der Waals surface area contributed by atoms with E-state index in [1.54, 1.807) is 36.7 Å². The normalized spacial score (nSPS) is 15.2. The number of nitrogens with one attached hydrogen (secondary N) is 1. The molecule has 5 rings (SSSR count). The molecule has 9 heteroatoms. The first kappa shape index (κ1) is 22.5. The van der Waals surface area contributed by atoms with E-state index in [1.807, 2.05) is 30.4 Å². The second-order valence-electron chi connectivity index (χ2n) is 8.41. The highest BCUT2D eigenvalue weighted by Crippen LogP contribution is 2.29. The second-order valence-corrected chi connectivity index (χ2v) is 11.7. The largest absolute Gasteiger partial charge is 0.375 e. The summed E-state index contributed by atoms with van der Waals surface area (Å²) in [6.45, 7) is 0. The predicted molar refractivity (Wildman–Crippen MR) is 139 cm³/mol. The summed E-state index contributed by atoms with van der Waals surface area (Å²) >= 11 is 1.47. The molecular weight excluding hydrogens is 466 g/mol. The zero-order chi connectivity index (χ0) is 23.5. The van der Waals surface area contributed by atoms with Gasteiger partial charge in [0.15, 0.2) is 15.0 Å². The highest BCUT2D eigenvalue weighted by Gasteiger charge is 2.28. The van der Waals surface area contributed by atoms with E-state index in [0.29, 0.717) is 16.0 Å². The van der Waals surface area contributed by atoms with Gasteiger partial charge in [-0.2, -0.15) is 0 Å². The van der Waals surface area contributed by atoms with E-state index in [9.17, 15) is 8.42 Å². The number of anilines is 3. The molecular formula is C25H25N5O2S2. The van der Waals surface area contributed by atoms with Crippen LogP contribution in [0.2, 0.25) is 0 Å². The quantitative estimate of drug-likeness (QED) is 0.356. The van der Waals surface area contributed by atoms with Crippen molar-refractivity contribution in [2.45, 2.75) is 42.2 Å². The van der Waals surface area contributed by atoms with Gasteiger partial charge in [-0.3, -0.25) is 0 Å². The Hall–Kier alpha value is -3.30. The summed E-state index contributed by atoms with van der Waals surface area (Å²) in [5.41, 5.74) is 9.27. The van der Waals surface area contributed by atoms with Crippen LogP contribution in [0, 0.1) is 0 Å². The van der Waals surface area contributed by atoms with Gasteiger partial charge < -0.3 is 11.1 Å². The van der Waals surface area contributed by atoms with Crippen molar-refractivity contribution in [1.82, 2.24) is 15.0 Å². The molecule has 0 saturated heterocycles. The van der Waals surface area contributed by atoms with Crippen LogP contribution in [0.25, 0.3) is 22.4 Å². The van der Waals surface area contributed by atoms with Crippen LogP contribution >= 0.6 is 11.3 Å². The molecule has 0 amide bonds. The van der Waals surface area contributed by atoms with E-state index in [0.717, 1.165) is 59.1 Å². The van der Waals surface area contributed by atoms with E-state index in [-0.39, 0.29) is 5.25 Å². The van der Waals surface area contributed by atoms with Crippen molar-refractivity contribution in [3.63, 3.8) is 0 Å². The van der Waals surface area contributed by atoms with Crippen LogP contribution in [0.4, 0.5) is 16.8 Å². The van der Waals surface area contributed by atoms with Crippen molar-refractivity contribution >= 4 is 60.3 Å². The summed E-state index contributed by atoms with van der Waals surface area (Å²) in [6.07, 6.45) is 12.0. The summed E-state index contributed by atoms with van der Waals surface area (Å²) in [6, 6.07) is 12.9. The van der Waals surface area contributed by atoms with Gasteiger partial charge in [-0.15, -0.1) is 0 Å². The molecule has 7 nitrogen and oxygen atoms in total. The van der Waals surface area contributed by atoms with Crippen LogP contribution in [0.5, 0.6) is 0 Å². The van der Waals surface area contributed by atoms with Crippen LogP contribution in [-0.4, -0.2) is 28.6 Å². The van der Waals surface area contributed by atoms with Crippen LogP contribution in [-0.2, 0) is 9.84 Å². The summed E-state index contributed by atoms with van der Waals surface area (Å²) < 4.78 is 26.8.